The van der Waals surface area contributed by atoms with Gasteiger partial charge in [-0.15, -0.1) is 0 Å². The Kier molecular flexibility index (Phi) is 5.34. The lowest BCUT2D eigenvalue weighted by Crippen LogP contribution is -2.46. The van der Waals surface area contributed by atoms with Gasteiger partial charge in [-0.25, -0.2) is 13.6 Å². The number of nitrogens with zero attached hydrogens (tertiary/aromatic N) is 2. The maximum Gasteiger partial charge on any atom is 0.330 e. The number of urea groups is 1. The molecule has 0 radical (unpaired) electrons. The van der Waals surface area contributed by atoms with Crippen molar-refractivity contribution >= 4 is 40.6 Å². The van der Waals surface area contributed by atoms with Crippen LogP contribution in [0.25, 0.3) is 0 Å². The van der Waals surface area contributed by atoms with Crippen molar-refractivity contribution < 1.29 is 13.6 Å². The van der Waals surface area contributed by atoms with Crippen LogP contribution in [0.1, 0.15) is 36.8 Å². The number of carbonyl (C=O) groups is 1. The van der Waals surface area contributed by atoms with Crippen LogP contribution in [-0.2, 0) is 5.54 Å². The fourth-order valence-electron chi connectivity index (χ4n) is 5.22. The molecule has 5 rings (SSSR count). The molecule has 7 heteroatoms. The summed E-state index contributed by atoms with van der Waals surface area (Å²) in [6.07, 6.45) is -0.287. The van der Waals surface area contributed by atoms with Crippen LogP contribution in [-0.4, -0.2) is 12.1 Å². The summed E-state index contributed by atoms with van der Waals surface area (Å²) in [5.41, 5.74) is 1.33. The van der Waals surface area contributed by atoms with Gasteiger partial charge >= 0.3 is 6.03 Å². The number of carbonyl (C=O) groups excluding carboxylic acids is 1. The third-order valence-electron chi connectivity index (χ3n) is 6.52. The molecule has 0 N–H and O–H groups in total. The maximum absolute atomic E-state index is 13.9. The summed E-state index contributed by atoms with van der Waals surface area (Å²) in [5.74, 6) is 0. The van der Waals surface area contributed by atoms with E-state index >= 15 is 0 Å². The third-order valence-corrected chi connectivity index (χ3v) is 7.03. The summed E-state index contributed by atoms with van der Waals surface area (Å²) in [6, 6.07) is 20.3. The maximum atomic E-state index is 13.9. The fourth-order valence-corrected chi connectivity index (χ4v) is 5.47. The van der Waals surface area contributed by atoms with Crippen molar-refractivity contribution in [2.24, 2.45) is 0 Å². The number of fused-ring (bicyclic) bond motifs is 1. The van der Waals surface area contributed by atoms with E-state index in [9.17, 15) is 13.6 Å². The molecule has 32 heavy (non-hydrogen) atoms. The highest BCUT2D eigenvalue weighted by molar-refractivity contribution is 6.31. The second-order valence-corrected chi connectivity index (χ2v) is 9.07. The van der Waals surface area contributed by atoms with Crippen LogP contribution >= 0.6 is 23.2 Å². The van der Waals surface area contributed by atoms with E-state index in [0.29, 0.717) is 22.2 Å². The van der Waals surface area contributed by atoms with E-state index in [2.05, 4.69) is 0 Å². The molecule has 2 fully saturated rings. The number of benzene rings is 3. The topological polar surface area (TPSA) is 23.6 Å². The van der Waals surface area contributed by atoms with Crippen LogP contribution < -0.4 is 9.80 Å². The van der Waals surface area contributed by atoms with Gasteiger partial charge in [0.05, 0.1) is 11.6 Å². The zero-order valence-corrected chi connectivity index (χ0v) is 18.5. The third kappa shape index (κ3) is 3.26. The Balaban J connectivity index is 1.72. The molecule has 164 valence electrons. The van der Waals surface area contributed by atoms with Gasteiger partial charge in [-0.05, 0) is 79.4 Å². The minimum Gasteiger partial charge on any atom is -0.288 e. The van der Waals surface area contributed by atoms with E-state index in [0.717, 1.165) is 24.1 Å². The molecule has 3 aromatic rings. The van der Waals surface area contributed by atoms with E-state index < -0.39 is 12.0 Å². The van der Waals surface area contributed by atoms with Gasteiger partial charge in [-0.1, -0.05) is 41.4 Å². The molecule has 2 aliphatic rings. The van der Waals surface area contributed by atoms with Crippen molar-refractivity contribution in [2.45, 2.75) is 37.3 Å². The number of anilines is 2. The van der Waals surface area contributed by atoms with Crippen molar-refractivity contribution in [1.82, 2.24) is 0 Å². The van der Waals surface area contributed by atoms with Gasteiger partial charge in [0.25, 0.3) is 6.43 Å². The average Bonchev–Trinajstić information content (AvgIpc) is 3.31. The monoisotopic (exact) mass is 472 g/mol. The van der Waals surface area contributed by atoms with Crippen LogP contribution in [0.15, 0.2) is 72.8 Å². The molecule has 0 spiro atoms. The van der Waals surface area contributed by atoms with Crippen LogP contribution in [0.4, 0.5) is 25.0 Å². The van der Waals surface area contributed by atoms with E-state index in [4.69, 9.17) is 23.2 Å². The summed E-state index contributed by atoms with van der Waals surface area (Å²) < 4.78 is 27.2. The Morgan fingerprint density at radius 1 is 0.906 bits per heavy atom. The SMILES string of the molecule is O=C1N(c2ccc(Cl)cc2)[C@H]2CCCC2(c2cccc(C(F)F)c2)N1c1ccc(Cl)cc1. The summed E-state index contributed by atoms with van der Waals surface area (Å²) in [6.45, 7) is 0. The quantitative estimate of drug-likeness (QED) is 0.379. The molecule has 1 aliphatic heterocycles. The van der Waals surface area contributed by atoms with Crippen LogP contribution in [0.5, 0.6) is 0 Å². The Labute approximate surface area is 195 Å². The number of hydrogen-bond donors (Lipinski definition) is 0. The van der Waals surface area contributed by atoms with Gasteiger partial charge in [0.2, 0.25) is 0 Å². The first-order valence-corrected chi connectivity index (χ1v) is 11.2. The first kappa shape index (κ1) is 21.2. The molecule has 0 aromatic heterocycles. The molecule has 1 aliphatic carbocycles. The number of alkyl halides is 2. The van der Waals surface area contributed by atoms with Gasteiger partial charge in [-0.2, -0.15) is 0 Å². The van der Waals surface area contributed by atoms with Gasteiger partial charge < -0.3 is 0 Å². The van der Waals surface area contributed by atoms with Crippen molar-refractivity contribution in [1.29, 1.82) is 0 Å². The van der Waals surface area contributed by atoms with Gasteiger partial charge in [-0.3, -0.25) is 9.80 Å². The van der Waals surface area contributed by atoms with Crippen molar-refractivity contribution in [2.75, 3.05) is 9.80 Å². The molecule has 1 unspecified atom stereocenters. The van der Waals surface area contributed by atoms with Gasteiger partial charge in [0.15, 0.2) is 0 Å². The molecule has 1 saturated carbocycles. The highest BCUT2D eigenvalue weighted by atomic mass is 35.5. The molecule has 0 bridgehead atoms. The highest BCUT2D eigenvalue weighted by Crippen LogP contribution is 2.54. The first-order valence-electron chi connectivity index (χ1n) is 10.4. The number of rotatable bonds is 4. The lowest BCUT2D eigenvalue weighted by molar-refractivity contribution is 0.151. The summed E-state index contributed by atoms with van der Waals surface area (Å²) >= 11 is 12.2. The smallest absolute Gasteiger partial charge is 0.288 e. The summed E-state index contributed by atoms with van der Waals surface area (Å²) in [5, 5.41) is 1.14. The van der Waals surface area contributed by atoms with Crippen molar-refractivity contribution in [3.63, 3.8) is 0 Å². The predicted molar refractivity (Wildman–Crippen MR) is 124 cm³/mol. The van der Waals surface area contributed by atoms with Crippen LogP contribution in [0.3, 0.4) is 0 Å². The second-order valence-electron chi connectivity index (χ2n) is 8.20. The fraction of sp³-hybridized carbons (Fsp3) is 0.240. The Morgan fingerprint density at radius 3 is 2.16 bits per heavy atom. The predicted octanol–water partition coefficient (Wildman–Crippen LogP) is 7.83. The van der Waals surface area contributed by atoms with E-state index in [1.807, 2.05) is 18.2 Å². The van der Waals surface area contributed by atoms with Crippen LogP contribution in [0, 0.1) is 0 Å². The summed E-state index contributed by atoms with van der Waals surface area (Å²) in [7, 11) is 0. The van der Waals surface area contributed by atoms with Gasteiger partial charge in [0, 0.05) is 27.0 Å². The van der Waals surface area contributed by atoms with E-state index in [1.54, 1.807) is 58.3 Å². The Hall–Kier alpha value is -2.63. The zero-order valence-electron chi connectivity index (χ0n) is 17.0. The van der Waals surface area contributed by atoms with Crippen LogP contribution in [0.2, 0.25) is 10.0 Å². The molecule has 3 aromatic carbocycles. The number of amides is 2. The second kappa shape index (κ2) is 8.05. The lowest BCUT2D eigenvalue weighted by Gasteiger charge is -2.38. The minimum atomic E-state index is -2.58. The van der Waals surface area contributed by atoms with Crippen molar-refractivity contribution in [3.05, 3.63) is 94.0 Å². The van der Waals surface area contributed by atoms with E-state index in [-0.39, 0.29) is 17.6 Å². The molecule has 1 saturated heterocycles. The zero-order chi connectivity index (χ0) is 22.5. The highest BCUT2D eigenvalue weighted by Gasteiger charge is 2.61. The minimum absolute atomic E-state index is 0.0454. The molecule has 3 nitrogen and oxygen atoms in total. The van der Waals surface area contributed by atoms with Crippen molar-refractivity contribution in [3.8, 4) is 0 Å². The number of hydrogen-bond acceptors (Lipinski definition) is 1. The standard InChI is InChI=1S/C25H20Cl2F2N2O/c26-18-6-10-20(11-7-18)30-22-5-2-14-25(22,17-4-1-3-16(15-17)23(28)29)31(24(30)32)21-12-8-19(27)9-13-21/h1,3-4,6-13,15,22-23H,2,5,14H2/t22-,25?/m0/s1. The molecular weight excluding hydrogens is 453 g/mol. The molecule has 2 atom stereocenters. The lowest BCUT2D eigenvalue weighted by atomic mass is 9.83. The molecular formula is C25H20Cl2F2N2O. The van der Waals surface area contributed by atoms with E-state index in [1.165, 1.54) is 6.07 Å². The largest absolute Gasteiger partial charge is 0.330 e. The molecule has 2 amide bonds. The summed E-state index contributed by atoms with van der Waals surface area (Å²) in [4.78, 5) is 17.5. The number of halogens is 4. The Morgan fingerprint density at radius 2 is 1.53 bits per heavy atom. The molecule has 1 heterocycles. The Bertz CT molecular complexity index is 1150. The van der Waals surface area contributed by atoms with Gasteiger partial charge in [0.1, 0.15) is 0 Å². The first-order chi connectivity index (χ1) is 15.4. The normalized spacial score (nSPS) is 22.7. The average molecular weight is 473 g/mol.